The average molecular weight is 289 g/mol. The number of nitrogens with zero attached hydrogens (tertiary/aromatic N) is 3. The summed E-state index contributed by atoms with van der Waals surface area (Å²) in [4.78, 5) is 30.9. The van der Waals surface area contributed by atoms with E-state index in [-0.39, 0.29) is 75.1 Å². The summed E-state index contributed by atoms with van der Waals surface area (Å²) in [6, 6.07) is 0.231. The minimum absolute atomic E-state index is 0. The number of nitro groups is 2. The normalized spacial score (nSPS) is 17.5. The number of ketones is 1. The van der Waals surface area contributed by atoms with Crippen molar-refractivity contribution in [3.05, 3.63) is 49.6 Å². The van der Waals surface area contributed by atoms with Crippen LogP contribution in [0.2, 0.25) is 0 Å². The molecule has 1 aliphatic carbocycles. The first-order valence-corrected chi connectivity index (χ1v) is 4.84. The Labute approximate surface area is 150 Å². The molecule has 0 amide bonds. The zero-order valence-electron chi connectivity index (χ0n) is 10.3. The molecular weight excluding hydrogens is 281 g/mol. The van der Waals surface area contributed by atoms with Gasteiger partial charge >= 0.3 is 51.4 Å². The van der Waals surface area contributed by atoms with E-state index in [0.29, 0.717) is 0 Å². The van der Waals surface area contributed by atoms with Crippen molar-refractivity contribution in [3.8, 4) is 6.07 Å². The third kappa shape index (κ3) is 4.52. The molecule has 0 spiro atoms. The van der Waals surface area contributed by atoms with E-state index < -0.39 is 21.6 Å². The molecule has 0 saturated heterocycles. The quantitative estimate of drug-likeness (QED) is 0.250. The molecule has 1 atom stereocenters. The van der Waals surface area contributed by atoms with E-state index in [0.717, 1.165) is 12.2 Å². The van der Waals surface area contributed by atoms with Crippen LogP contribution in [0.4, 0.5) is 0 Å². The van der Waals surface area contributed by atoms with Crippen molar-refractivity contribution in [2.75, 3.05) is 0 Å². The van der Waals surface area contributed by atoms with Gasteiger partial charge in [-0.05, 0) is 25.0 Å². The van der Waals surface area contributed by atoms with Gasteiger partial charge in [0.05, 0.1) is 0 Å². The molecule has 9 heteroatoms. The molecule has 0 aliphatic heterocycles. The van der Waals surface area contributed by atoms with Crippen molar-refractivity contribution in [2.45, 2.75) is 19.4 Å². The third-order valence-electron chi connectivity index (χ3n) is 2.29. The Morgan fingerprint density at radius 3 is 2.42 bits per heavy atom. The summed E-state index contributed by atoms with van der Waals surface area (Å²) >= 11 is 0. The Bertz CT molecular complexity index is 520. The first-order chi connectivity index (χ1) is 8.36. The van der Waals surface area contributed by atoms with Gasteiger partial charge in [-0.2, -0.15) is 0 Å². The van der Waals surface area contributed by atoms with Crippen molar-refractivity contribution in [1.82, 2.24) is 0 Å². The average Bonchev–Trinajstić information content (AvgIpc) is 2.27. The van der Waals surface area contributed by atoms with Gasteiger partial charge in [0.15, 0.2) is 11.7 Å². The minimum Gasteiger partial charge on any atom is -0.301 e. The first-order valence-electron chi connectivity index (χ1n) is 4.84. The largest absolute Gasteiger partial charge is 1.00 e. The molecule has 0 saturated carbocycles. The molecule has 0 aromatic carbocycles. The summed E-state index contributed by atoms with van der Waals surface area (Å²) < 4.78 is 0. The Balaban J connectivity index is 0.00000324. The predicted molar refractivity (Wildman–Crippen MR) is 58.1 cm³/mol. The van der Waals surface area contributed by atoms with Crippen molar-refractivity contribution in [3.63, 3.8) is 0 Å². The van der Waals surface area contributed by atoms with Gasteiger partial charge in [0.1, 0.15) is 5.78 Å². The molecule has 1 unspecified atom stereocenters. The van der Waals surface area contributed by atoms with Crippen molar-refractivity contribution in [2.24, 2.45) is 0 Å². The fourth-order valence-corrected chi connectivity index (χ4v) is 1.55. The van der Waals surface area contributed by atoms with Gasteiger partial charge in [0, 0.05) is 16.3 Å². The molecule has 0 radical (unpaired) electrons. The first kappa shape index (κ1) is 17.9. The SMILES string of the molecule is CC(=O)C[C-]1C(C#N)=CC([N+](=O)[O-])C=C1[N+](=O)[O-].[K+]. The maximum Gasteiger partial charge on any atom is 1.00 e. The molecule has 94 valence electrons. The van der Waals surface area contributed by atoms with Crippen molar-refractivity contribution in [1.29, 1.82) is 5.26 Å². The summed E-state index contributed by atoms with van der Waals surface area (Å²) in [7, 11) is 0. The number of carbonyl (C=O) groups excluding carboxylic acids is 1. The van der Waals surface area contributed by atoms with Crippen LogP contribution in [0.3, 0.4) is 0 Å². The summed E-state index contributed by atoms with van der Waals surface area (Å²) in [6.07, 6.45) is 1.54. The summed E-state index contributed by atoms with van der Waals surface area (Å²) in [5, 5.41) is 30.3. The maximum atomic E-state index is 11.0. The molecule has 0 aromatic rings. The van der Waals surface area contributed by atoms with Gasteiger partial charge < -0.3 is 4.79 Å². The Morgan fingerprint density at radius 1 is 1.47 bits per heavy atom. The van der Waals surface area contributed by atoms with Gasteiger partial charge in [0.25, 0.3) is 0 Å². The molecular formula is C10H8KN3O5. The molecule has 19 heavy (non-hydrogen) atoms. The standard InChI is InChI=1S/C10H8N3O5.K/c1-6(14)2-9-7(5-11)3-8(12(15)16)4-10(9)13(17)18;/h3-4,8H,2H2,1H3;/q-1;+1. The molecule has 1 aliphatic rings. The van der Waals surface area contributed by atoms with Crippen LogP contribution in [-0.4, -0.2) is 21.7 Å². The molecule has 0 fully saturated rings. The summed E-state index contributed by atoms with van der Waals surface area (Å²) in [5.74, 6) is -0.438. The van der Waals surface area contributed by atoms with E-state index in [4.69, 9.17) is 5.26 Å². The van der Waals surface area contributed by atoms with E-state index in [2.05, 4.69) is 0 Å². The number of Topliss-reactive ketones (excluding diaryl/α,β-unsaturated/α-hetero) is 1. The second kappa shape index (κ2) is 7.51. The number of carbonyl (C=O) groups is 1. The van der Waals surface area contributed by atoms with Crippen LogP contribution >= 0.6 is 0 Å². The van der Waals surface area contributed by atoms with Crippen molar-refractivity contribution < 1.29 is 66.0 Å². The van der Waals surface area contributed by atoms with Gasteiger partial charge in [-0.1, -0.05) is 11.6 Å². The van der Waals surface area contributed by atoms with Crippen LogP contribution in [0.25, 0.3) is 0 Å². The van der Waals surface area contributed by atoms with Gasteiger partial charge in [-0.3, -0.25) is 25.5 Å². The molecule has 0 bridgehead atoms. The number of hydrogen-bond acceptors (Lipinski definition) is 6. The molecule has 0 N–H and O–H groups in total. The monoisotopic (exact) mass is 289 g/mol. The second-order valence-corrected chi connectivity index (χ2v) is 3.63. The molecule has 0 heterocycles. The number of rotatable bonds is 4. The smallest absolute Gasteiger partial charge is 0.301 e. The topological polar surface area (TPSA) is 127 Å². The fourth-order valence-electron chi connectivity index (χ4n) is 1.55. The summed E-state index contributed by atoms with van der Waals surface area (Å²) in [5.41, 5.74) is -0.743. The van der Waals surface area contributed by atoms with E-state index in [1.807, 2.05) is 0 Å². The van der Waals surface area contributed by atoms with Gasteiger partial charge in [-0.15, -0.1) is 0 Å². The number of nitriles is 1. The summed E-state index contributed by atoms with van der Waals surface area (Å²) in [6.45, 7) is 1.22. The van der Waals surface area contributed by atoms with Crippen molar-refractivity contribution >= 4 is 5.78 Å². The van der Waals surface area contributed by atoms with Crippen LogP contribution < -0.4 is 51.4 Å². The van der Waals surface area contributed by atoms with Crippen LogP contribution in [-0.2, 0) is 4.79 Å². The number of hydrogen-bond donors (Lipinski definition) is 0. The van der Waals surface area contributed by atoms with E-state index in [9.17, 15) is 25.0 Å². The molecule has 1 rings (SSSR count). The van der Waals surface area contributed by atoms with Gasteiger partial charge in [0.2, 0.25) is 0 Å². The van der Waals surface area contributed by atoms with Crippen LogP contribution in [0, 0.1) is 37.5 Å². The Morgan fingerprint density at radius 2 is 2.05 bits per heavy atom. The van der Waals surface area contributed by atoms with Crippen LogP contribution in [0.1, 0.15) is 13.3 Å². The zero-order chi connectivity index (χ0) is 13.9. The third-order valence-corrected chi connectivity index (χ3v) is 2.29. The Kier molecular flexibility index (Phi) is 7.10. The predicted octanol–water partition coefficient (Wildman–Crippen LogP) is -2.19. The van der Waals surface area contributed by atoms with Crippen LogP contribution in [0.15, 0.2) is 23.4 Å². The maximum absolute atomic E-state index is 11.0. The zero-order valence-corrected chi connectivity index (χ0v) is 13.4. The van der Waals surface area contributed by atoms with Crippen LogP contribution in [0.5, 0.6) is 0 Å². The molecule has 8 nitrogen and oxygen atoms in total. The fraction of sp³-hybridized carbons (Fsp3) is 0.300. The minimum atomic E-state index is -1.42. The number of allylic oxidation sites excluding steroid dienone is 1. The van der Waals surface area contributed by atoms with Gasteiger partial charge in [-0.25, -0.2) is 0 Å². The van der Waals surface area contributed by atoms with E-state index in [1.165, 1.54) is 6.92 Å². The second-order valence-electron chi connectivity index (χ2n) is 3.63. The van der Waals surface area contributed by atoms with E-state index in [1.54, 1.807) is 6.07 Å². The molecule has 0 aromatic heterocycles. The Hall–Kier alpha value is -1.05. The van der Waals surface area contributed by atoms with E-state index >= 15 is 0 Å².